The Morgan fingerprint density at radius 1 is 1.58 bits per heavy atom. The van der Waals surface area contributed by atoms with Crippen LogP contribution in [0.3, 0.4) is 0 Å². The van der Waals surface area contributed by atoms with Crippen molar-refractivity contribution in [3.8, 4) is 0 Å². The Bertz CT molecular complexity index is 253. The van der Waals surface area contributed by atoms with Gasteiger partial charge in [-0.15, -0.1) is 10.2 Å². The predicted octanol–water partition coefficient (Wildman–Crippen LogP) is 1.06. The molecule has 1 aromatic heterocycles. The molecule has 12 heavy (non-hydrogen) atoms. The lowest BCUT2D eigenvalue weighted by molar-refractivity contribution is 0.00766. The van der Waals surface area contributed by atoms with Gasteiger partial charge in [0.25, 0.3) is 0 Å². The highest BCUT2D eigenvalue weighted by Gasteiger charge is 2.19. The molecule has 0 saturated carbocycles. The van der Waals surface area contributed by atoms with Crippen LogP contribution in [-0.4, -0.2) is 21.4 Å². The fraction of sp³-hybridized carbons (Fsp3) is 0.750. The molecule has 0 aromatic carbocycles. The summed E-state index contributed by atoms with van der Waals surface area (Å²) in [6, 6.07) is 0. The minimum atomic E-state index is 0.172. The third-order valence-electron chi connectivity index (χ3n) is 2.21. The van der Waals surface area contributed by atoms with Gasteiger partial charge in [0.15, 0.2) is 5.82 Å². The van der Waals surface area contributed by atoms with Gasteiger partial charge in [0.1, 0.15) is 12.4 Å². The summed E-state index contributed by atoms with van der Waals surface area (Å²) in [6.07, 6.45) is 5.37. The van der Waals surface area contributed by atoms with E-state index < -0.39 is 0 Å². The van der Waals surface area contributed by atoms with Crippen LogP contribution in [0.2, 0.25) is 0 Å². The van der Waals surface area contributed by atoms with E-state index in [1.807, 2.05) is 11.6 Å². The molecular formula is C8H13N3O. The lowest BCUT2D eigenvalue weighted by atomic mass is 10.1. The van der Waals surface area contributed by atoms with Crippen molar-refractivity contribution >= 4 is 0 Å². The third-order valence-corrected chi connectivity index (χ3v) is 2.21. The van der Waals surface area contributed by atoms with Gasteiger partial charge >= 0.3 is 0 Å². The van der Waals surface area contributed by atoms with Gasteiger partial charge in [-0.25, -0.2) is 0 Å². The van der Waals surface area contributed by atoms with Gasteiger partial charge in [0.2, 0.25) is 0 Å². The Balaban J connectivity index is 2.13. The van der Waals surface area contributed by atoms with Gasteiger partial charge in [0, 0.05) is 13.7 Å². The van der Waals surface area contributed by atoms with Crippen LogP contribution in [0.4, 0.5) is 0 Å². The first-order valence-corrected chi connectivity index (χ1v) is 4.33. The molecule has 4 nitrogen and oxygen atoms in total. The highest BCUT2D eigenvalue weighted by Crippen LogP contribution is 2.25. The van der Waals surface area contributed by atoms with Gasteiger partial charge in [-0.2, -0.15) is 0 Å². The Kier molecular flexibility index (Phi) is 2.08. The van der Waals surface area contributed by atoms with E-state index in [1.54, 1.807) is 6.33 Å². The normalized spacial score (nSPS) is 24.2. The number of rotatable bonds is 1. The summed E-state index contributed by atoms with van der Waals surface area (Å²) in [5.41, 5.74) is 0. The average Bonchev–Trinajstić information content (AvgIpc) is 2.53. The lowest BCUT2D eigenvalue weighted by Crippen LogP contribution is -2.15. The molecule has 4 heteroatoms. The molecule has 0 aliphatic carbocycles. The number of nitrogens with zero attached hydrogens (tertiary/aromatic N) is 3. The summed E-state index contributed by atoms with van der Waals surface area (Å²) in [6.45, 7) is 0.859. The molecule has 1 aliphatic heterocycles. The van der Waals surface area contributed by atoms with Gasteiger partial charge in [0.05, 0.1) is 0 Å². The molecule has 1 saturated heterocycles. The van der Waals surface area contributed by atoms with E-state index in [0.29, 0.717) is 0 Å². The SMILES string of the molecule is Cn1cnnc1C1CCCCO1. The maximum atomic E-state index is 5.58. The highest BCUT2D eigenvalue weighted by molar-refractivity contribution is 4.91. The van der Waals surface area contributed by atoms with Crippen LogP contribution in [0.15, 0.2) is 6.33 Å². The molecule has 0 amide bonds. The summed E-state index contributed by atoms with van der Waals surface area (Å²) < 4.78 is 7.51. The number of hydrogen-bond donors (Lipinski definition) is 0. The summed E-state index contributed by atoms with van der Waals surface area (Å²) >= 11 is 0. The molecule has 1 aliphatic rings. The van der Waals surface area contributed by atoms with Crippen molar-refractivity contribution in [3.63, 3.8) is 0 Å². The van der Waals surface area contributed by atoms with Crippen molar-refractivity contribution < 1.29 is 4.74 Å². The first kappa shape index (κ1) is 7.73. The maximum Gasteiger partial charge on any atom is 0.161 e. The third kappa shape index (κ3) is 1.34. The molecule has 66 valence electrons. The standard InChI is InChI=1S/C8H13N3O/c1-11-6-9-10-8(11)7-4-2-3-5-12-7/h6-7H,2-5H2,1H3. The number of aryl methyl sites for hydroxylation is 1. The quantitative estimate of drug-likeness (QED) is 0.627. The van der Waals surface area contributed by atoms with Gasteiger partial charge in [-0.3, -0.25) is 0 Å². The van der Waals surface area contributed by atoms with E-state index in [4.69, 9.17) is 4.74 Å². The van der Waals surface area contributed by atoms with Crippen molar-refractivity contribution in [2.75, 3.05) is 6.61 Å². The zero-order chi connectivity index (χ0) is 8.39. The van der Waals surface area contributed by atoms with Crippen molar-refractivity contribution in [2.45, 2.75) is 25.4 Å². The van der Waals surface area contributed by atoms with Crippen LogP contribution in [-0.2, 0) is 11.8 Å². The van der Waals surface area contributed by atoms with Crippen LogP contribution < -0.4 is 0 Å². The first-order valence-electron chi connectivity index (χ1n) is 4.33. The van der Waals surface area contributed by atoms with Gasteiger partial charge in [-0.1, -0.05) is 0 Å². The molecule has 1 atom stereocenters. The summed E-state index contributed by atoms with van der Waals surface area (Å²) in [4.78, 5) is 0. The number of aromatic nitrogens is 3. The van der Waals surface area contributed by atoms with Crippen LogP contribution in [0.5, 0.6) is 0 Å². The topological polar surface area (TPSA) is 39.9 Å². The first-order chi connectivity index (χ1) is 5.88. The maximum absolute atomic E-state index is 5.58. The van der Waals surface area contributed by atoms with Crippen molar-refractivity contribution in [3.05, 3.63) is 12.2 Å². The van der Waals surface area contributed by atoms with Gasteiger partial charge < -0.3 is 9.30 Å². The molecule has 0 bridgehead atoms. The molecule has 0 N–H and O–H groups in total. The van der Waals surface area contributed by atoms with Crippen LogP contribution in [0.1, 0.15) is 31.2 Å². The second-order valence-electron chi connectivity index (χ2n) is 3.16. The molecule has 2 rings (SSSR count). The molecule has 1 unspecified atom stereocenters. The Morgan fingerprint density at radius 3 is 3.08 bits per heavy atom. The molecule has 1 fully saturated rings. The lowest BCUT2D eigenvalue weighted by Gasteiger charge is -2.21. The second-order valence-corrected chi connectivity index (χ2v) is 3.16. The summed E-state index contributed by atoms with van der Waals surface area (Å²) in [7, 11) is 1.95. The van der Waals surface area contributed by atoms with E-state index in [1.165, 1.54) is 12.8 Å². The molecule has 2 heterocycles. The number of hydrogen-bond acceptors (Lipinski definition) is 3. The largest absolute Gasteiger partial charge is 0.370 e. The second kappa shape index (κ2) is 3.23. The average molecular weight is 167 g/mol. The van der Waals surface area contributed by atoms with E-state index in [0.717, 1.165) is 18.9 Å². The highest BCUT2D eigenvalue weighted by atomic mass is 16.5. The Morgan fingerprint density at radius 2 is 2.50 bits per heavy atom. The Labute approximate surface area is 71.6 Å². The fourth-order valence-corrected chi connectivity index (χ4v) is 1.53. The van der Waals surface area contributed by atoms with Crippen molar-refractivity contribution in [1.82, 2.24) is 14.8 Å². The minimum Gasteiger partial charge on any atom is -0.370 e. The molecule has 1 aromatic rings. The zero-order valence-electron chi connectivity index (χ0n) is 7.23. The zero-order valence-corrected chi connectivity index (χ0v) is 7.23. The van der Waals surface area contributed by atoms with E-state index >= 15 is 0 Å². The fourth-order valence-electron chi connectivity index (χ4n) is 1.53. The van der Waals surface area contributed by atoms with E-state index in [9.17, 15) is 0 Å². The summed E-state index contributed by atoms with van der Waals surface area (Å²) in [5, 5.41) is 7.86. The van der Waals surface area contributed by atoms with Gasteiger partial charge in [-0.05, 0) is 19.3 Å². The van der Waals surface area contributed by atoms with Crippen LogP contribution in [0.25, 0.3) is 0 Å². The van der Waals surface area contributed by atoms with E-state index in [-0.39, 0.29) is 6.10 Å². The van der Waals surface area contributed by atoms with Crippen molar-refractivity contribution in [2.24, 2.45) is 7.05 Å². The van der Waals surface area contributed by atoms with Crippen LogP contribution in [0, 0.1) is 0 Å². The monoisotopic (exact) mass is 167 g/mol. The smallest absolute Gasteiger partial charge is 0.161 e. The van der Waals surface area contributed by atoms with Crippen LogP contribution >= 0.6 is 0 Å². The molecule has 0 radical (unpaired) electrons. The molecule has 0 spiro atoms. The molecular weight excluding hydrogens is 154 g/mol. The number of ether oxygens (including phenoxy) is 1. The summed E-state index contributed by atoms with van der Waals surface area (Å²) in [5.74, 6) is 0.953. The Hall–Kier alpha value is -0.900. The van der Waals surface area contributed by atoms with E-state index in [2.05, 4.69) is 10.2 Å². The predicted molar refractivity (Wildman–Crippen MR) is 43.5 cm³/mol. The van der Waals surface area contributed by atoms with Crippen molar-refractivity contribution in [1.29, 1.82) is 0 Å². The minimum absolute atomic E-state index is 0.172.